The van der Waals surface area contributed by atoms with Crippen LogP contribution in [0.25, 0.3) is 0 Å². The molecular formula is C13H19N5O2. The molecule has 4 N–H and O–H groups in total. The lowest BCUT2D eigenvalue weighted by atomic mass is 10.3. The molecule has 0 spiro atoms. The number of nitrogens with one attached hydrogen (secondary N) is 1. The Morgan fingerprint density at radius 2 is 1.90 bits per heavy atom. The normalized spacial score (nSPS) is 17.0. The molecule has 1 aromatic carbocycles. The highest BCUT2D eigenvalue weighted by Gasteiger charge is 2.21. The van der Waals surface area contributed by atoms with Crippen LogP contribution in [0.4, 0.5) is 10.5 Å². The lowest BCUT2D eigenvalue weighted by Crippen LogP contribution is -2.51. The second-order valence-corrected chi connectivity index (χ2v) is 4.65. The molecular weight excluding hydrogens is 258 g/mol. The number of para-hydroxylation sites is 1. The summed E-state index contributed by atoms with van der Waals surface area (Å²) >= 11 is 0. The number of nitrogens with two attached hydrogens (primary N) is 1. The van der Waals surface area contributed by atoms with E-state index in [2.05, 4.69) is 10.5 Å². The van der Waals surface area contributed by atoms with Gasteiger partial charge < -0.3 is 21.2 Å². The van der Waals surface area contributed by atoms with E-state index >= 15 is 0 Å². The largest absolute Gasteiger partial charge is 0.409 e. The van der Waals surface area contributed by atoms with Gasteiger partial charge in [0, 0.05) is 31.9 Å². The molecule has 1 aliphatic heterocycles. The van der Waals surface area contributed by atoms with E-state index in [1.165, 1.54) is 0 Å². The van der Waals surface area contributed by atoms with Crippen LogP contribution in [0.2, 0.25) is 0 Å². The molecule has 1 saturated heterocycles. The number of carbonyl (C=O) groups is 1. The predicted octanol–water partition coefficient (Wildman–Crippen LogP) is 0.583. The van der Waals surface area contributed by atoms with Gasteiger partial charge >= 0.3 is 6.03 Å². The number of amidine groups is 1. The number of urea groups is 1. The fourth-order valence-electron chi connectivity index (χ4n) is 2.09. The van der Waals surface area contributed by atoms with Crippen LogP contribution in [0.1, 0.15) is 0 Å². The van der Waals surface area contributed by atoms with Crippen molar-refractivity contribution in [3.05, 3.63) is 30.3 Å². The maximum absolute atomic E-state index is 12.1. The Balaban J connectivity index is 1.80. The number of oxime groups is 1. The third-order valence-electron chi connectivity index (χ3n) is 3.20. The molecule has 2 amide bonds. The molecule has 0 saturated carbocycles. The van der Waals surface area contributed by atoms with Gasteiger partial charge in [-0.15, -0.1) is 0 Å². The standard InChI is InChI=1S/C13H19N5O2/c14-12(16-20)10-17-6-8-18(9-7-17)13(19)15-11-4-2-1-3-5-11/h1-5,20H,6-10H2,(H2,14,16)(H,15,19). The SMILES string of the molecule is NC(CN1CCN(C(=O)Nc2ccccc2)CC1)=NO. The average Bonchev–Trinajstić information content (AvgIpc) is 2.49. The van der Waals surface area contributed by atoms with Gasteiger partial charge in [-0.1, -0.05) is 23.4 Å². The van der Waals surface area contributed by atoms with E-state index in [9.17, 15) is 4.79 Å². The van der Waals surface area contributed by atoms with Crippen molar-refractivity contribution in [1.29, 1.82) is 0 Å². The van der Waals surface area contributed by atoms with Crippen LogP contribution in [-0.2, 0) is 0 Å². The van der Waals surface area contributed by atoms with Crippen molar-refractivity contribution >= 4 is 17.6 Å². The Hall–Kier alpha value is -2.28. The number of anilines is 1. The molecule has 7 heteroatoms. The van der Waals surface area contributed by atoms with E-state index in [0.29, 0.717) is 32.7 Å². The van der Waals surface area contributed by atoms with Crippen LogP contribution in [-0.4, -0.2) is 59.6 Å². The topological polar surface area (TPSA) is 94.2 Å². The van der Waals surface area contributed by atoms with Gasteiger partial charge in [0.2, 0.25) is 0 Å². The summed E-state index contributed by atoms with van der Waals surface area (Å²) < 4.78 is 0. The third-order valence-corrected chi connectivity index (χ3v) is 3.20. The Bertz CT molecular complexity index is 469. The number of piperazine rings is 1. The molecule has 0 radical (unpaired) electrons. The number of hydrogen-bond donors (Lipinski definition) is 3. The summed E-state index contributed by atoms with van der Waals surface area (Å²) in [5.41, 5.74) is 6.25. The molecule has 7 nitrogen and oxygen atoms in total. The van der Waals surface area contributed by atoms with Crippen molar-refractivity contribution in [3.63, 3.8) is 0 Å². The van der Waals surface area contributed by atoms with E-state index in [4.69, 9.17) is 10.9 Å². The van der Waals surface area contributed by atoms with E-state index in [1.54, 1.807) is 4.90 Å². The molecule has 0 unspecified atom stereocenters. The maximum Gasteiger partial charge on any atom is 0.321 e. The Kier molecular flexibility index (Phi) is 4.78. The van der Waals surface area contributed by atoms with Gasteiger partial charge in [0.05, 0.1) is 6.54 Å². The number of carbonyl (C=O) groups excluding carboxylic acids is 1. The summed E-state index contributed by atoms with van der Waals surface area (Å²) in [6.07, 6.45) is 0. The maximum atomic E-state index is 12.1. The molecule has 2 rings (SSSR count). The predicted molar refractivity (Wildman–Crippen MR) is 76.9 cm³/mol. The molecule has 0 aromatic heterocycles. The van der Waals surface area contributed by atoms with Crippen LogP contribution in [0.5, 0.6) is 0 Å². The summed E-state index contributed by atoms with van der Waals surface area (Å²) in [6, 6.07) is 9.27. The number of nitrogens with zero attached hydrogens (tertiary/aromatic N) is 3. The summed E-state index contributed by atoms with van der Waals surface area (Å²) in [5.74, 6) is 0.187. The molecule has 108 valence electrons. The molecule has 1 aromatic rings. The third kappa shape index (κ3) is 3.86. The van der Waals surface area contributed by atoms with Gasteiger partial charge in [-0.05, 0) is 12.1 Å². The molecule has 0 bridgehead atoms. The van der Waals surface area contributed by atoms with E-state index < -0.39 is 0 Å². The highest BCUT2D eigenvalue weighted by atomic mass is 16.4. The summed E-state index contributed by atoms with van der Waals surface area (Å²) in [7, 11) is 0. The van der Waals surface area contributed by atoms with Gasteiger partial charge in [-0.2, -0.15) is 0 Å². The van der Waals surface area contributed by atoms with Crippen molar-refractivity contribution in [2.75, 3.05) is 38.0 Å². The van der Waals surface area contributed by atoms with Crippen LogP contribution >= 0.6 is 0 Å². The van der Waals surface area contributed by atoms with Crippen LogP contribution < -0.4 is 11.1 Å². The first-order valence-corrected chi connectivity index (χ1v) is 6.49. The first-order valence-electron chi connectivity index (χ1n) is 6.49. The highest BCUT2D eigenvalue weighted by molar-refractivity contribution is 5.89. The van der Waals surface area contributed by atoms with Crippen molar-refractivity contribution in [2.24, 2.45) is 10.9 Å². The minimum absolute atomic E-state index is 0.0975. The smallest absolute Gasteiger partial charge is 0.321 e. The molecule has 1 heterocycles. The lowest BCUT2D eigenvalue weighted by Gasteiger charge is -2.34. The quantitative estimate of drug-likeness (QED) is 0.326. The van der Waals surface area contributed by atoms with Gasteiger partial charge in [-0.25, -0.2) is 4.79 Å². The fourth-order valence-corrected chi connectivity index (χ4v) is 2.09. The summed E-state index contributed by atoms with van der Waals surface area (Å²) in [6.45, 7) is 3.08. The molecule has 0 aliphatic carbocycles. The first-order chi connectivity index (χ1) is 9.69. The van der Waals surface area contributed by atoms with Crippen LogP contribution in [0.15, 0.2) is 35.5 Å². The van der Waals surface area contributed by atoms with Crippen molar-refractivity contribution in [1.82, 2.24) is 9.80 Å². The van der Waals surface area contributed by atoms with Gasteiger partial charge in [-0.3, -0.25) is 4.90 Å². The molecule has 0 atom stereocenters. The Morgan fingerprint density at radius 3 is 2.50 bits per heavy atom. The van der Waals surface area contributed by atoms with Gasteiger partial charge in [0.25, 0.3) is 0 Å². The highest BCUT2D eigenvalue weighted by Crippen LogP contribution is 2.08. The molecule has 20 heavy (non-hydrogen) atoms. The Labute approximate surface area is 117 Å². The van der Waals surface area contributed by atoms with E-state index in [-0.39, 0.29) is 11.9 Å². The summed E-state index contributed by atoms with van der Waals surface area (Å²) in [4.78, 5) is 15.9. The van der Waals surface area contributed by atoms with Crippen molar-refractivity contribution in [3.8, 4) is 0 Å². The lowest BCUT2D eigenvalue weighted by molar-refractivity contribution is 0.157. The molecule has 1 aliphatic rings. The zero-order valence-corrected chi connectivity index (χ0v) is 11.2. The number of amides is 2. The van der Waals surface area contributed by atoms with Crippen LogP contribution in [0.3, 0.4) is 0 Å². The van der Waals surface area contributed by atoms with Crippen LogP contribution in [0, 0.1) is 0 Å². The minimum Gasteiger partial charge on any atom is -0.409 e. The number of benzene rings is 1. The van der Waals surface area contributed by atoms with Crippen molar-refractivity contribution in [2.45, 2.75) is 0 Å². The second kappa shape index (κ2) is 6.76. The van der Waals surface area contributed by atoms with Gasteiger partial charge in [0.15, 0.2) is 5.84 Å². The van der Waals surface area contributed by atoms with Crippen molar-refractivity contribution < 1.29 is 10.0 Å². The van der Waals surface area contributed by atoms with E-state index in [0.717, 1.165) is 5.69 Å². The van der Waals surface area contributed by atoms with E-state index in [1.807, 2.05) is 35.2 Å². The zero-order valence-electron chi connectivity index (χ0n) is 11.2. The second-order valence-electron chi connectivity index (χ2n) is 4.65. The number of hydrogen-bond acceptors (Lipinski definition) is 4. The van der Waals surface area contributed by atoms with Gasteiger partial charge in [0.1, 0.15) is 0 Å². The first kappa shape index (κ1) is 14.1. The fraction of sp³-hybridized carbons (Fsp3) is 0.385. The average molecular weight is 277 g/mol. The number of rotatable bonds is 3. The molecule has 1 fully saturated rings. The minimum atomic E-state index is -0.0975. The zero-order chi connectivity index (χ0) is 14.4. The monoisotopic (exact) mass is 277 g/mol. The summed E-state index contributed by atoms with van der Waals surface area (Å²) in [5, 5.41) is 14.3. The Morgan fingerprint density at radius 1 is 1.25 bits per heavy atom.